The smallest absolute Gasteiger partial charge is 0.0613 e. The lowest BCUT2D eigenvalue weighted by molar-refractivity contribution is 0.0859. The molecule has 100 valence electrons. The first-order chi connectivity index (χ1) is 8.33. The van der Waals surface area contributed by atoms with E-state index < -0.39 is 0 Å². The highest BCUT2D eigenvalue weighted by molar-refractivity contribution is 4.81. The Hall–Kier alpha value is -0.0800. The maximum Gasteiger partial charge on any atom is 0.0613 e. The second-order valence-corrected chi connectivity index (χ2v) is 5.90. The molecular formula is C15H29NO. The third-order valence-corrected chi connectivity index (χ3v) is 4.84. The van der Waals surface area contributed by atoms with Crippen molar-refractivity contribution in [1.29, 1.82) is 0 Å². The van der Waals surface area contributed by atoms with Gasteiger partial charge in [0.2, 0.25) is 0 Å². The van der Waals surface area contributed by atoms with E-state index in [4.69, 9.17) is 4.74 Å². The van der Waals surface area contributed by atoms with Crippen molar-refractivity contribution in [2.45, 2.75) is 70.9 Å². The molecule has 1 saturated carbocycles. The summed E-state index contributed by atoms with van der Waals surface area (Å²) >= 11 is 0. The minimum atomic E-state index is 0.523. The highest BCUT2D eigenvalue weighted by Gasteiger charge is 2.27. The van der Waals surface area contributed by atoms with Crippen molar-refractivity contribution in [3.8, 4) is 0 Å². The summed E-state index contributed by atoms with van der Waals surface area (Å²) in [7, 11) is 0. The van der Waals surface area contributed by atoms with Crippen LogP contribution in [0.2, 0.25) is 0 Å². The van der Waals surface area contributed by atoms with Crippen LogP contribution < -0.4 is 5.32 Å². The van der Waals surface area contributed by atoms with Crippen molar-refractivity contribution in [3.63, 3.8) is 0 Å². The SMILES string of the molecule is CCC1CCC(NCC2CCOC2CC)CC1. The summed E-state index contributed by atoms with van der Waals surface area (Å²) in [6, 6.07) is 0.788. The van der Waals surface area contributed by atoms with E-state index in [9.17, 15) is 0 Å². The zero-order chi connectivity index (χ0) is 12.1. The van der Waals surface area contributed by atoms with Gasteiger partial charge in [-0.05, 0) is 50.4 Å². The highest BCUT2D eigenvalue weighted by Crippen LogP contribution is 2.27. The van der Waals surface area contributed by atoms with Crippen molar-refractivity contribution in [2.75, 3.05) is 13.2 Å². The molecule has 2 heteroatoms. The van der Waals surface area contributed by atoms with E-state index in [1.165, 1.54) is 51.5 Å². The number of hydrogen-bond acceptors (Lipinski definition) is 2. The van der Waals surface area contributed by atoms with Gasteiger partial charge in [-0.3, -0.25) is 0 Å². The molecule has 0 spiro atoms. The Bertz CT molecular complexity index is 211. The van der Waals surface area contributed by atoms with Crippen LogP contribution in [0.15, 0.2) is 0 Å². The lowest BCUT2D eigenvalue weighted by Crippen LogP contribution is -2.38. The average Bonchev–Trinajstić information content (AvgIpc) is 2.84. The molecular weight excluding hydrogens is 210 g/mol. The van der Waals surface area contributed by atoms with Crippen LogP contribution in [0.5, 0.6) is 0 Å². The molecule has 1 heterocycles. The summed E-state index contributed by atoms with van der Waals surface area (Å²) in [5.41, 5.74) is 0. The molecule has 0 bridgehead atoms. The van der Waals surface area contributed by atoms with E-state index in [-0.39, 0.29) is 0 Å². The molecule has 2 aliphatic rings. The molecule has 2 nitrogen and oxygen atoms in total. The van der Waals surface area contributed by atoms with Crippen LogP contribution in [0.25, 0.3) is 0 Å². The predicted octanol–water partition coefficient (Wildman–Crippen LogP) is 3.36. The first kappa shape index (κ1) is 13.4. The fourth-order valence-corrected chi connectivity index (χ4v) is 3.47. The third kappa shape index (κ3) is 3.69. The lowest BCUT2D eigenvalue weighted by atomic mass is 9.84. The normalized spacial score (nSPS) is 38.5. The van der Waals surface area contributed by atoms with Crippen LogP contribution in [-0.4, -0.2) is 25.3 Å². The van der Waals surface area contributed by atoms with Crippen molar-refractivity contribution in [2.24, 2.45) is 11.8 Å². The summed E-state index contributed by atoms with van der Waals surface area (Å²) in [4.78, 5) is 0. The molecule has 1 aliphatic heterocycles. The van der Waals surface area contributed by atoms with E-state index in [0.29, 0.717) is 6.10 Å². The second-order valence-electron chi connectivity index (χ2n) is 5.90. The molecule has 0 aromatic heterocycles. The Morgan fingerprint density at radius 3 is 2.41 bits per heavy atom. The lowest BCUT2D eigenvalue weighted by Gasteiger charge is -2.30. The van der Waals surface area contributed by atoms with Gasteiger partial charge in [-0.15, -0.1) is 0 Å². The molecule has 0 aromatic carbocycles. The van der Waals surface area contributed by atoms with Crippen LogP contribution in [0.4, 0.5) is 0 Å². The van der Waals surface area contributed by atoms with Crippen LogP contribution in [0, 0.1) is 11.8 Å². The summed E-state index contributed by atoms with van der Waals surface area (Å²) in [5.74, 6) is 1.77. The molecule has 2 rings (SSSR count). The van der Waals surface area contributed by atoms with Gasteiger partial charge in [0.25, 0.3) is 0 Å². The fourth-order valence-electron chi connectivity index (χ4n) is 3.47. The second kappa shape index (κ2) is 6.75. The molecule has 2 fully saturated rings. The Labute approximate surface area is 107 Å². The fraction of sp³-hybridized carbons (Fsp3) is 1.00. The summed E-state index contributed by atoms with van der Waals surface area (Å²) in [6.07, 6.45) is 9.99. The van der Waals surface area contributed by atoms with Gasteiger partial charge < -0.3 is 10.1 Å². The van der Waals surface area contributed by atoms with Crippen molar-refractivity contribution >= 4 is 0 Å². The Morgan fingerprint density at radius 1 is 1.00 bits per heavy atom. The van der Waals surface area contributed by atoms with E-state index in [1.807, 2.05) is 0 Å². The maximum atomic E-state index is 5.75. The van der Waals surface area contributed by atoms with Crippen LogP contribution in [-0.2, 0) is 4.74 Å². The molecule has 1 aliphatic carbocycles. The van der Waals surface area contributed by atoms with Gasteiger partial charge in [-0.2, -0.15) is 0 Å². The standard InChI is InChI=1S/C15H29NO/c1-3-12-5-7-14(8-6-12)16-11-13-9-10-17-15(13)4-2/h12-16H,3-11H2,1-2H3. The minimum Gasteiger partial charge on any atom is -0.378 e. The zero-order valence-electron chi connectivity index (χ0n) is 11.6. The molecule has 17 heavy (non-hydrogen) atoms. The number of hydrogen-bond donors (Lipinski definition) is 1. The first-order valence-corrected chi connectivity index (χ1v) is 7.68. The highest BCUT2D eigenvalue weighted by atomic mass is 16.5. The first-order valence-electron chi connectivity index (χ1n) is 7.68. The Kier molecular flexibility index (Phi) is 5.30. The van der Waals surface area contributed by atoms with Crippen LogP contribution in [0.3, 0.4) is 0 Å². The van der Waals surface area contributed by atoms with E-state index in [0.717, 1.165) is 24.5 Å². The summed E-state index contributed by atoms with van der Waals surface area (Å²) < 4.78 is 5.75. The largest absolute Gasteiger partial charge is 0.378 e. The van der Waals surface area contributed by atoms with Crippen molar-refractivity contribution in [3.05, 3.63) is 0 Å². The molecule has 2 unspecified atom stereocenters. The monoisotopic (exact) mass is 239 g/mol. The number of rotatable bonds is 5. The van der Waals surface area contributed by atoms with Crippen LogP contribution in [0.1, 0.15) is 58.8 Å². The van der Waals surface area contributed by atoms with E-state index in [1.54, 1.807) is 0 Å². The van der Waals surface area contributed by atoms with Gasteiger partial charge in [0.15, 0.2) is 0 Å². The quantitative estimate of drug-likeness (QED) is 0.794. The third-order valence-electron chi connectivity index (χ3n) is 4.84. The molecule has 0 amide bonds. The summed E-state index contributed by atoms with van der Waals surface area (Å²) in [5, 5.41) is 3.79. The van der Waals surface area contributed by atoms with Gasteiger partial charge in [0.05, 0.1) is 6.10 Å². The van der Waals surface area contributed by atoms with Crippen LogP contribution >= 0.6 is 0 Å². The molecule has 0 radical (unpaired) electrons. The minimum absolute atomic E-state index is 0.523. The Morgan fingerprint density at radius 2 is 1.76 bits per heavy atom. The van der Waals surface area contributed by atoms with E-state index >= 15 is 0 Å². The van der Waals surface area contributed by atoms with Gasteiger partial charge in [0, 0.05) is 19.2 Å². The Balaban J connectivity index is 1.65. The molecule has 0 aromatic rings. The molecule has 1 N–H and O–H groups in total. The summed E-state index contributed by atoms with van der Waals surface area (Å²) in [6.45, 7) is 6.74. The van der Waals surface area contributed by atoms with Crippen molar-refractivity contribution in [1.82, 2.24) is 5.32 Å². The van der Waals surface area contributed by atoms with Gasteiger partial charge in [-0.25, -0.2) is 0 Å². The predicted molar refractivity (Wildman–Crippen MR) is 72.2 cm³/mol. The van der Waals surface area contributed by atoms with Crippen molar-refractivity contribution < 1.29 is 4.74 Å². The van der Waals surface area contributed by atoms with Gasteiger partial charge in [0.1, 0.15) is 0 Å². The average molecular weight is 239 g/mol. The number of ether oxygens (including phenoxy) is 1. The van der Waals surface area contributed by atoms with E-state index in [2.05, 4.69) is 19.2 Å². The van der Waals surface area contributed by atoms with Gasteiger partial charge >= 0.3 is 0 Å². The zero-order valence-corrected chi connectivity index (χ0v) is 11.6. The van der Waals surface area contributed by atoms with Gasteiger partial charge in [-0.1, -0.05) is 20.3 Å². The number of nitrogens with one attached hydrogen (secondary N) is 1. The molecule has 1 saturated heterocycles. The topological polar surface area (TPSA) is 21.3 Å². The molecule has 2 atom stereocenters. The maximum absolute atomic E-state index is 5.75.